The van der Waals surface area contributed by atoms with E-state index < -0.39 is 0 Å². The third-order valence-electron chi connectivity index (χ3n) is 7.53. The van der Waals surface area contributed by atoms with Crippen molar-refractivity contribution in [1.82, 2.24) is 0 Å². The van der Waals surface area contributed by atoms with Gasteiger partial charge in [-0.2, -0.15) is 0 Å². The zero-order valence-electron chi connectivity index (χ0n) is 24.2. The van der Waals surface area contributed by atoms with Gasteiger partial charge in [0, 0.05) is 21.9 Å². The van der Waals surface area contributed by atoms with Crippen molar-refractivity contribution >= 4 is 28.3 Å². The molecule has 0 aliphatic carbocycles. The molecular formula is C34H43NO3. The molecule has 0 radical (unpaired) electrons. The van der Waals surface area contributed by atoms with Gasteiger partial charge in [-0.3, -0.25) is 9.59 Å². The van der Waals surface area contributed by atoms with Crippen molar-refractivity contribution in [3.63, 3.8) is 0 Å². The minimum Gasteiger partial charge on any atom is -0.493 e. The molecule has 202 valence electrons. The zero-order valence-corrected chi connectivity index (χ0v) is 24.2. The van der Waals surface area contributed by atoms with E-state index in [1.165, 1.54) is 36.1 Å². The largest absolute Gasteiger partial charge is 0.493 e. The second kappa shape index (κ2) is 10.9. The number of amides is 2. The van der Waals surface area contributed by atoms with E-state index in [9.17, 15) is 9.59 Å². The summed E-state index contributed by atoms with van der Waals surface area (Å²) in [5, 5.41) is 1.52. The van der Waals surface area contributed by atoms with Gasteiger partial charge >= 0.3 is 0 Å². The quantitative estimate of drug-likeness (QED) is 0.212. The van der Waals surface area contributed by atoms with Gasteiger partial charge in [-0.15, -0.1) is 0 Å². The van der Waals surface area contributed by atoms with Crippen LogP contribution in [0.5, 0.6) is 5.75 Å². The molecule has 38 heavy (non-hydrogen) atoms. The lowest BCUT2D eigenvalue weighted by molar-refractivity contribution is 0.0893. The predicted octanol–water partition coefficient (Wildman–Crippen LogP) is 8.97. The molecule has 0 unspecified atom stereocenters. The summed E-state index contributed by atoms with van der Waals surface area (Å²) in [6.45, 7) is 15.8. The van der Waals surface area contributed by atoms with E-state index in [1.807, 2.05) is 42.5 Å². The van der Waals surface area contributed by atoms with E-state index in [1.54, 1.807) is 0 Å². The Morgan fingerprint density at radius 1 is 0.737 bits per heavy atom. The Morgan fingerprint density at radius 3 is 2.05 bits per heavy atom. The topological polar surface area (TPSA) is 46.6 Å². The average molecular weight is 514 g/mol. The molecule has 3 aromatic carbocycles. The van der Waals surface area contributed by atoms with Gasteiger partial charge in [-0.05, 0) is 52.6 Å². The van der Waals surface area contributed by atoms with Crippen LogP contribution in [0.3, 0.4) is 0 Å². The lowest BCUT2D eigenvalue weighted by atomic mass is 9.79. The number of carbonyl (C=O) groups excluding carboxylic acids is 2. The second-order valence-electron chi connectivity index (χ2n) is 12.6. The lowest BCUT2D eigenvalue weighted by Gasteiger charge is -2.33. The van der Waals surface area contributed by atoms with Crippen LogP contribution in [0, 0.1) is 0 Å². The fourth-order valence-electron chi connectivity index (χ4n) is 5.28. The van der Waals surface area contributed by atoms with Crippen LogP contribution in [-0.2, 0) is 10.8 Å². The predicted molar refractivity (Wildman–Crippen MR) is 158 cm³/mol. The van der Waals surface area contributed by atoms with Gasteiger partial charge in [-0.1, -0.05) is 105 Å². The first-order chi connectivity index (χ1) is 17.9. The molecule has 0 bridgehead atoms. The number of anilines is 1. The first kappa shape index (κ1) is 27.9. The van der Waals surface area contributed by atoms with Gasteiger partial charge < -0.3 is 4.74 Å². The number of rotatable bonds is 9. The molecule has 0 saturated carbocycles. The van der Waals surface area contributed by atoms with Gasteiger partial charge in [-0.25, -0.2) is 4.90 Å². The van der Waals surface area contributed by atoms with Gasteiger partial charge in [0.2, 0.25) is 0 Å². The van der Waals surface area contributed by atoms with Crippen molar-refractivity contribution in [2.75, 3.05) is 11.5 Å². The summed E-state index contributed by atoms with van der Waals surface area (Å²) < 4.78 is 6.16. The summed E-state index contributed by atoms with van der Waals surface area (Å²) in [6.07, 6.45) is 7.18. The summed E-state index contributed by atoms with van der Waals surface area (Å²) in [6, 6.07) is 15.5. The highest BCUT2D eigenvalue weighted by molar-refractivity contribution is 6.36. The van der Waals surface area contributed by atoms with E-state index in [0.29, 0.717) is 28.8 Å². The molecule has 0 N–H and O–H groups in total. The van der Waals surface area contributed by atoms with Gasteiger partial charge in [0.25, 0.3) is 11.8 Å². The standard InChI is InChI=1S/C34H43NO3/c1-8-9-10-11-12-13-21-38-29-20-18-26-30-24(29)15-14-16-25(30)31(36)35(32(26)37)28-19-17-23(33(2,3)4)22-27(28)34(5,6)7/h14-20,22H,8-13,21H2,1-7H3. The maximum absolute atomic E-state index is 13.9. The van der Waals surface area contributed by atoms with Crippen LogP contribution < -0.4 is 9.64 Å². The maximum Gasteiger partial charge on any atom is 0.265 e. The summed E-state index contributed by atoms with van der Waals surface area (Å²) in [5.74, 6) is 0.170. The molecule has 0 spiro atoms. The fourth-order valence-corrected chi connectivity index (χ4v) is 5.28. The number of hydrogen-bond donors (Lipinski definition) is 0. The summed E-state index contributed by atoms with van der Waals surface area (Å²) in [5.41, 5.74) is 3.62. The number of hydrogen-bond acceptors (Lipinski definition) is 3. The summed E-state index contributed by atoms with van der Waals surface area (Å²) >= 11 is 0. The molecule has 1 heterocycles. The van der Waals surface area contributed by atoms with Crippen molar-refractivity contribution < 1.29 is 14.3 Å². The van der Waals surface area contributed by atoms with Crippen molar-refractivity contribution in [2.24, 2.45) is 0 Å². The Morgan fingerprint density at radius 2 is 1.39 bits per heavy atom. The normalized spacial score (nSPS) is 13.9. The van der Waals surface area contributed by atoms with Crippen molar-refractivity contribution in [3.8, 4) is 5.75 Å². The molecular weight excluding hydrogens is 470 g/mol. The van der Waals surface area contributed by atoms with Crippen molar-refractivity contribution in [3.05, 3.63) is 70.8 Å². The molecule has 4 nitrogen and oxygen atoms in total. The summed E-state index contributed by atoms with van der Waals surface area (Å²) in [4.78, 5) is 29.2. The third-order valence-corrected chi connectivity index (χ3v) is 7.53. The van der Waals surface area contributed by atoms with Crippen LogP contribution in [0.4, 0.5) is 5.69 Å². The lowest BCUT2D eigenvalue weighted by Crippen LogP contribution is -2.41. The minimum atomic E-state index is -0.282. The molecule has 0 saturated heterocycles. The molecule has 4 heteroatoms. The number of nitrogens with zero attached hydrogens (tertiary/aromatic N) is 1. The number of carbonyl (C=O) groups is 2. The molecule has 0 atom stereocenters. The molecule has 2 amide bonds. The summed E-state index contributed by atoms with van der Waals surface area (Å²) in [7, 11) is 0. The Balaban J connectivity index is 1.69. The van der Waals surface area contributed by atoms with Crippen LogP contribution in [-0.4, -0.2) is 18.4 Å². The minimum absolute atomic E-state index is 0.0431. The van der Waals surface area contributed by atoms with E-state index in [2.05, 4.69) is 54.5 Å². The second-order valence-corrected chi connectivity index (χ2v) is 12.6. The molecule has 1 aliphatic rings. The zero-order chi connectivity index (χ0) is 27.7. The smallest absolute Gasteiger partial charge is 0.265 e. The third kappa shape index (κ3) is 5.50. The van der Waals surface area contributed by atoms with Crippen molar-refractivity contribution in [1.29, 1.82) is 0 Å². The van der Waals surface area contributed by atoms with Gasteiger partial charge in [0.15, 0.2) is 0 Å². The van der Waals surface area contributed by atoms with Crippen LogP contribution in [0.2, 0.25) is 0 Å². The monoisotopic (exact) mass is 513 g/mol. The molecule has 0 aromatic heterocycles. The highest BCUT2D eigenvalue weighted by atomic mass is 16.5. The van der Waals surface area contributed by atoms with Crippen LogP contribution >= 0.6 is 0 Å². The Kier molecular flexibility index (Phi) is 8.01. The van der Waals surface area contributed by atoms with E-state index in [4.69, 9.17) is 4.74 Å². The van der Waals surface area contributed by atoms with E-state index in [-0.39, 0.29) is 22.6 Å². The molecule has 0 fully saturated rings. The molecule has 3 aromatic rings. The van der Waals surface area contributed by atoms with Crippen LogP contribution in [0.25, 0.3) is 10.8 Å². The number of imide groups is 1. The SMILES string of the molecule is CCCCCCCCOc1ccc2c3c(cccc13)C(=O)N(c1ccc(C(C)(C)C)cc1C(C)(C)C)C2=O. The molecule has 1 aliphatic heterocycles. The fraction of sp³-hybridized carbons (Fsp3) is 0.471. The number of ether oxygens (including phenoxy) is 1. The Bertz CT molecular complexity index is 1320. The van der Waals surface area contributed by atoms with E-state index in [0.717, 1.165) is 29.5 Å². The first-order valence-electron chi connectivity index (χ1n) is 14.2. The Hall–Kier alpha value is -3.14. The highest BCUT2D eigenvalue weighted by Crippen LogP contribution is 2.41. The van der Waals surface area contributed by atoms with Gasteiger partial charge in [0.05, 0.1) is 12.3 Å². The number of benzene rings is 3. The van der Waals surface area contributed by atoms with Crippen LogP contribution in [0.1, 0.15) is 119 Å². The molecule has 4 rings (SSSR count). The average Bonchev–Trinajstić information content (AvgIpc) is 2.86. The Labute approximate surface area is 228 Å². The van der Waals surface area contributed by atoms with Crippen LogP contribution in [0.15, 0.2) is 48.5 Å². The maximum atomic E-state index is 13.9. The number of unbranched alkanes of at least 4 members (excludes halogenated alkanes) is 5. The van der Waals surface area contributed by atoms with E-state index >= 15 is 0 Å². The van der Waals surface area contributed by atoms with Gasteiger partial charge in [0.1, 0.15) is 5.75 Å². The first-order valence-corrected chi connectivity index (χ1v) is 14.2. The van der Waals surface area contributed by atoms with Crippen molar-refractivity contribution in [2.45, 2.75) is 97.8 Å². The highest BCUT2D eigenvalue weighted by Gasteiger charge is 2.37.